The van der Waals surface area contributed by atoms with Gasteiger partial charge in [-0.15, -0.1) is 11.3 Å². The quantitative estimate of drug-likeness (QED) is 0.231. The number of carbonyl (C=O) groups is 2. The molecule has 8 nitrogen and oxygen atoms in total. The third-order valence-corrected chi connectivity index (χ3v) is 7.12. The van der Waals surface area contributed by atoms with Gasteiger partial charge in [-0.3, -0.25) is 14.9 Å². The number of rotatable bonds is 7. The van der Waals surface area contributed by atoms with Crippen LogP contribution in [0.2, 0.25) is 0 Å². The Bertz CT molecular complexity index is 1260. The first-order valence-corrected chi connectivity index (χ1v) is 12.8. The molecular formula is C27H29N3O5S. The number of nitrogens with zero attached hydrogens (tertiary/aromatic N) is 2. The molecule has 0 radical (unpaired) electrons. The normalized spacial score (nSPS) is 17.5. The van der Waals surface area contributed by atoms with Crippen molar-refractivity contribution in [1.29, 1.82) is 0 Å². The van der Waals surface area contributed by atoms with Crippen LogP contribution in [0.25, 0.3) is 11.1 Å². The lowest BCUT2D eigenvalue weighted by molar-refractivity contribution is -0.384. The van der Waals surface area contributed by atoms with Crippen LogP contribution in [-0.2, 0) is 4.74 Å². The molecule has 1 N–H and O–H groups in total. The molecule has 0 aliphatic carbocycles. The van der Waals surface area contributed by atoms with Crippen LogP contribution in [0.5, 0.6) is 0 Å². The van der Waals surface area contributed by atoms with E-state index in [1.807, 2.05) is 35.2 Å². The predicted molar refractivity (Wildman–Crippen MR) is 142 cm³/mol. The van der Waals surface area contributed by atoms with Gasteiger partial charge in [0.2, 0.25) is 0 Å². The van der Waals surface area contributed by atoms with E-state index in [1.54, 1.807) is 24.4 Å². The summed E-state index contributed by atoms with van der Waals surface area (Å²) in [5.41, 5.74) is 2.30. The Morgan fingerprint density at radius 2 is 1.83 bits per heavy atom. The first-order chi connectivity index (χ1) is 17.3. The van der Waals surface area contributed by atoms with Crippen molar-refractivity contribution in [1.82, 2.24) is 0 Å². The molecular weight excluding hydrogens is 478 g/mol. The summed E-state index contributed by atoms with van der Waals surface area (Å²) >= 11 is 1.21. The van der Waals surface area contributed by atoms with Crippen molar-refractivity contribution in [2.75, 3.05) is 29.9 Å². The molecule has 1 aliphatic rings. The van der Waals surface area contributed by atoms with E-state index in [0.717, 1.165) is 25.1 Å². The number of amides is 1. The van der Waals surface area contributed by atoms with Gasteiger partial charge < -0.3 is 15.0 Å². The Kier molecular flexibility index (Phi) is 7.69. The van der Waals surface area contributed by atoms with Gasteiger partial charge in [0.25, 0.3) is 11.6 Å². The second kappa shape index (κ2) is 10.9. The van der Waals surface area contributed by atoms with Crippen LogP contribution in [0, 0.1) is 22.0 Å². The van der Waals surface area contributed by atoms with Crippen molar-refractivity contribution in [3.8, 4) is 11.1 Å². The number of carbonyl (C=O) groups excluding carboxylic acids is 2. The molecule has 1 aliphatic heterocycles. The fourth-order valence-corrected chi connectivity index (χ4v) is 5.75. The Labute approximate surface area is 214 Å². The zero-order valence-electron chi connectivity index (χ0n) is 20.5. The van der Waals surface area contributed by atoms with Crippen LogP contribution in [0.1, 0.15) is 47.9 Å². The van der Waals surface area contributed by atoms with Crippen molar-refractivity contribution in [2.45, 2.75) is 27.2 Å². The lowest BCUT2D eigenvalue weighted by atomic mass is 9.91. The molecule has 2 atom stereocenters. The molecule has 2 unspecified atom stereocenters. The number of piperidine rings is 1. The van der Waals surface area contributed by atoms with Crippen molar-refractivity contribution in [2.24, 2.45) is 11.8 Å². The molecule has 1 aromatic heterocycles. The molecule has 0 bridgehead atoms. The first kappa shape index (κ1) is 25.4. The number of thiophene rings is 1. The number of benzene rings is 2. The Morgan fingerprint density at radius 3 is 2.47 bits per heavy atom. The molecule has 3 aromatic rings. The number of hydrogen-bond donors (Lipinski definition) is 1. The standard InChI is InChI=1S/C27H29N3O5S/c1-4-35-27(32)24-21(19-8-6-5-7-9-19)16-36-26(24)28-25(31)20-10-11-22(23(13-20)30(33)34)29-14-17(2)12-18(3)15-29/h5-11,13,16-18H,4,12,14-15H2,1-3H3,(H,28,31). The molecule has 1 saturated heterocycles. The van der Waals surface area contributed by atoms with Gasteiger partial charge in [0.1, 0.15) is 16.3 Å². The van der Waals surface area contributed by atoms with Crippen molar-refractivity contribution in [3.05, 3.63) is 75.2 Å². The lowest BCUT2D eigenvalue weighted by Gasteiger charge is -2.36. The molecule has 36 heavy (non-hydrogen) atoms. The average Bonchev–Trinajstić information content (AvgIpc) is 3.27. The average molecular weight is 508 g/mol. The fourth-order valence-electron chi connectivity index (χ4n) is 4.80. The number of hydrogen-bond acceptors (Lipinski definition) is 7. The minimum Gasteiger partial charge on any atom is -0.462 e. The summed E-state index contributed by atoms with van der Waals surface area (Å²) in [6.45, 7) is 7.66. The third kappa shape index (κ3) is 5.41. The number of nitro groups is 1. The highest BCUT2D eigenvalue weighted by molar-refractivity contribution is 7.15. The molecule has 1 amide bonds. The minimum absolute atomic E-state index is 0.106. The largest absolute Gasteiger partial charge is 0.462 e. The summed E-state index contributed by atoms with van der Waals surface area (Å²) in [5, 5.41) is 16.8. The van der Waals surface area contributed by atoms with Crippen LogP contribution in [-0.4, -0.2) is 36.5 Å². The maximum absolute atomic E-state index is 13.2. The van der Waals surface area contributed by atoms with Crippen LogP contribution in [0.15, 0.2) is 53.9 Å². The molecule has 4 rings (SSSR count). The summed E-state index contributed by atoms with van der Waals surface area (Å²) in [4.78, 5) is 39.5. The zero-order chi connectivity index (χ0) is 25.8. The highest BCUT2D eigenvalue weighted by atomic mass is 32.1. The number of nitro benzene ring substituents is 1. The maximum atomic E-state index is 13.2. The van der Waals surface area contributed by atoms with Gasteiger partial charge in [0.05, 0.1) is 11.5 Å². The number of esters is 1. The Morgan fingerprint density at radius 1 is 1.14 bits per heavy atom. The monoisotopic (exact) mass is 507 g/mol. The maximum Gasteiger partial charge on any atom is 0.341 e. The summed E-state index contributed by atoms with van der Waals surface area (Å²) < 4.78 is 5.25. The smallest absolute Gasteiger partial charge is 0.341 e. The molecule has 2 aromatic carbocycles. The van der Waals surface area contributed by atoms with Gasteiger partial charge in [-0.1, -0.05) is 44.2 Å². The van der Waals surface area contributed by atoms with Crippen molar-refractivity contribution >= 4 is 39.6 Å². The number of ether oxygens (including phenoxy) is 1. The Balaban J connectivity index is 1.65. The minimum atomic E-state index is -0.539. The zero-order valence-corrected chi connectivity index (χ0v) is 21.3. The van der Waals surface area contributed by atoms with E-state index in [-0.39, 0.29) is 23.4 Å². The summed E-state index contributed by atoms with van der Waals surface area (Å²) in [6, 6.07) is 13.9. The van der Waals surface area contributed by atoms with E-state index in [4.69, 9.17) is 4.74 Å². The molecule has 188 valence electrons. The number of anilines is 2. The second-order valence-corrected chi connectivity index (χ2v) is 10.1. The fraction of sp³-hybridized carbons (Fsp3) is 0.333. The summed E-state index contributed by atoms with van der Waals surface area (Å²) in [6.07, 6.45) is 1.08. The van der Waals surface area contributed by atoms with E-state index in [9.17, 15) is 19.7 Å². The first-order valence-electron chi connectivity index (χ1n) is 12.0. The van der Waals surface area contributed by atoms with Gasteiger partial charge in [-0.2, -0.15) is 0 Å². The molecule has 9 heteroatoms. The van der Waals surface area contributed by atoms with Crippen molar-refractivity contribution in [3.63, 3.8) is 0 Å². The Hall–Kier alpha value is -3.72. The van der Waals surface area contributed by atoms with E-state index in [0.29, 0.717) is 28.1 Å². The second-order valence-electron chi connectivity index (χ2n) is 9.21. The van der Waals surface area contributed by atoms with E-state index in [1.165, 1.54) is 17.4 Å². The predicted octanol–water partition coefficient (Wildman–Crippen LogP) is 6.23. The van der Waals surface area contributed by atoms with Crippen LogP contribution in [0.3, 0.4) is 0 Å². The van der Waals surface area contributed by atoms with Crippen LogP contribution >= 0.6 is 11.3 Å². The van der Waals surface area contributed by atoms with Crippen molar-refractivity contribution < 1.29 is 19.2 Å². The number of nitrogens with one attached hydrogen (secondary N) is 1. The van der Waals surface area contributed by atoms with Crippen LogP contribution in [0.4, 0.5) is 16.4 Å². The van der Waals surface area contributed by atoms with Crippen LogP contribution < -0.4 is 10.2 Å². The van der Waals surface area contributed by atoms with E-state index in [2.05, 4.69) is 19.2 Å². The van der Waals surface area contributed by atoms with Gasteiger partial charge in [0.15, 0.2) is 0 Å². The lowest BCUT2D eigenvalue weighted by Crippen LogP contribution is -2.39. The molecule has 2 heterocycles. The summed E-state index contributed by atoms with van der Waals surface area (Å²) in [5.74, 6) is -0.217. The van der Waals surface area contributed by atoms with Gasteiger partial charge in [0, 0.05) is 35.7 Å². The van der Waals surface area contributed by atoms with E-state index >= 15 is 0 Å². The summed E-state index contributed by atoms with van der Waals surface area (Å²) in [7, 11) is 0. The highest BCUT2D eigenvalue weighted by Crippen LogP contribution is 2.37. The topological polar surface area (TPSA) is 102 Å². The highest BCUT2D eigenvalue weighted by Gasteiger charge is 2.29. The van der Waals surface area contributed by atoms with Gasteiger partial charge in [-0.25, -0.2) is 4.79 Å². The molecule has 1 fully saturated rings. The SMILES string of the molecule is CCOC(=O)c1c(-c2ccccc2)csc1NC(=O)c1ccc(N2CC(C)CC(C)C2)c([N+](=O)[O-])c1. The molecule has 0 saturated carbocycles. The third-order valence-electron chi connectivity index (χ3n) is 6.23. The van der Waals surface area contributed by atoms with Gasteiger partial charge in [-0.05, 0) is 42.9 Å². The van der Waals surface area contributed by atoms with Gasteiger partial charge >= 0.3 is 5.97 Å². The van der Waals surface area contributed by atoms with E-state index < -0.39 is 16.8 Å². The molecule has 0 spiro atoms.